The largest absolute Gasteiger partial charge is 0.510 e. The van der Waals surface area contributed by atoms with Gasteiger partial charge in [-0.1, -0.05) is 36.0 Å². The summed E-state index contributed by atoms with van der Waals surface area (Å²) in [6.45, 7) is 3.24. The molecule has 10 heteroatoms. The van der Waals surface area contributed by atoms with Crippen molar-refractivity contribution in [2.24, 2.45) is 0 Å². The van der Waals surface area contributed by atoms with Crippen LogP contribution in [0, 0.1) is 0 Å². The summed E-state index contributed by atoms with van der Waals surface area (Å²) in [6.07, 6.45) is 1.63. The van der Waals surface area contributed by atoms with Gasteiger partial charge in [0.2, 0.25) is 0 Å². The lowest BCUT2D eigenvalue weighted by Gasteiger charge is -2.13. The molecule has 2 N–H and O–H groups in total. The first-order chi connectivity index (χ1) is 15.5. The van der Waals surface area contributed by atoms with Gasteiger partial charge in [-0.2, -0.15) is 0 Å². The highest BCUT2D eigenvalue weighted by Gasteiger charge is 2.20. The maximum Gasteiger partial charge on any atom is 0.258 e. The van der Waals surface area contributed by atoms with Crippen molar-refractivity contribution in [3.63, 3.8) is 0 Å². The molecule has 4 rings (SSSR count). The molecule has 0 fully saturated rings. The standard InChI is InChI=1S/C22H21N5O3S2/c1-4-14-19(13(2)28)23-18(24-21(14)29)12-32-22-26-25-20(17-10-7-11-31-17)27(22)15-8-5-6-9-16(15)30-3/h4-11,28H,12H2,1-3H3,(H,23,24,29)/b14-4+,19-13-. The predicted octanol–water partition coefficient (Wildman–Crippen LogP) is 2.87. The minimum atomic E-state index is -0.299. The van der Waals surface area contributed by atoms with E-state index in [2.05, 4.69) is 20.2 Å². The summed E-state index contributed by atoms with van der Waals surface area (Å²) in [5.41, 5.74) is 0.510. The van der Waals surface area contributed by atoms with Gasteiger partial charge in [0.05, 0.1) is 28.6 Å². The Labute approximate surface area is 192 Å². The van der Waals surface area contributed by atoms with Gasteiger partial charge in [-0.05, 0) is 37.4 Å². The molecule has 0 amide bonds. The summed E-state index contributed by atoms with van der Waals surface area (Å²) >= 11 is 2.95. The Balaban J connectivity index is 1.78. The number of ether oxygens (including phenoxy) is 1. The van der Waals surface area contributed by atoms with Crippen LogP contribution in [0.25, 0.3) is 28.2 Å². The number of hydrogen-bond acceptors (Lipinski definition) is 8. The monoisotopic (exact) mass is 467 g/mol. The number of methoxy groups -OCH3 is 1. The highest BCUT2D eigenvalue weighted by molar-refractivity contribution is 7.98. The summed E-state index contributed by atoms with van der Waals surface area (Å²) in [5.74, 6) is 2.14. The molecule has 0 atom stereocenters. The van der Waals surface area contributed by atoms with Crippen LogP contribution in [0.5, 0.6) is 5.75 Å². The van der Waals surface area contributed by atoms with E-state index in [-0.39, 0.29) is 16.7 Å². The number of para-hydroxylation sites is 2. The number of rotatable bonds is 6. The number of aromatic amines is 1. The average molecular weight is 468 g/mol. The minimum absolute atomic E-state index is 0.00683. The smallest absolute Gasteiger partial charge is 0.258 e. The number of H-pyrrole nitrogens is 1. The Kier molecular flexibility index (Phi) is 6.42. The lowest BCUT2D eigenvalue weighted by molar-refractivity contribution is 0.412. The van der Waals surface area contributed by atoms with Gasteiger partial charge in [0.1, 0.15) is 22.7 Å². The number of aliphatic hydroxyl groups is 1. The molecule has 0 bridgehead atoms. The van der Waals surface area contributed by atoms with Crippen molar-refractivity contribution in [2.45, 2.75) is 24.8 Å². The third-order valence-electron chi connectivity index (χ3n) is 4.67. The van der Waals surface area contributed by atoms with Gasteiger partial charge >= 0.3 is 0 Å². The molecule has 0 aliphatic rings. The number of aliphatic hydroxyl groups excluding tert-OH is 1. The van der Waals surface area contributed by atoms with Crippen LogP contribution in [0.3, 0.4) is 0 Å². The van der Waals surface area contributed by atoms with E-state index in [1.165, 1.54) is 18.7 Å². The Morgan fingerprint density at radius 3 is 2.78 bits per heavy atom. The fraction of sp³-hybridized carbons (Fsp3) is 0.182. The topological polar surface area (TPSA) is 106 Å². The number of benzene rings is 1. The van der Waals surface area contributed by atoms with E-state index in [1.54, 1.807) is 31.4 Å². The van der Waals surface area contributed by atoms with E-state index in [0.717, 1.165) is 10.6 Å². The molecule has 0 unspecified atom stereocenters. The van der Waals surface area contributed by atoms with Crippen LogP contribution in [0.15, 0.2) is 51.7 Å². The predicted molar refractivity (Wildman–Crippen MR) is 127 cm³/mol. The highest BCUT2D eigenvalue weighted by atomic mass is 32.2. The highest BCUT2D eigenvalue weighted by Crippen LogP contribution is 2.34. The van der Waals surface area contributed by atoms with Gasteiger partial charge in [0, 0.05) is 0 Å². The molecular weight excluding hydrogens is 446 g/mol. The van der Waals surface area contributed by atoms with Crippen LogP contribution in [-0.2, 0) is 5.75 Å². The van der Waals surface area contributed by atoms with Gasteiger partial charge in [-0.15, -0.1) is 21.5 Å². The van der Waals surface area contributed by atoms with E-state index in [1.807, 2.05) is 46.3 Å². The molecule has 8 nitrogen and oxygen atoms in total. The minimum Gasteiger partial charge on any atom is -0.510 e. The Morgan fingerprint density at radius 2 is 2.09 bits per heavy atom. The molecule has 0 saturated carbocycles. The molecule has 3 heterocycles. The van der Waals surface area contributed by atoms with Crippen LogP contribution in [0.1, 0.15) is 19.7 Å². The first-order valence-corrected chi connectivity index (χ1v) is 11.6. The van der Waals surface area contributed by atoms with E-state index < -0.39 is 0 Å². The van der Waals surface area contributed by atoms with Crippen molar-refractivity contribution >= 4 is 34.9 Å². The lowest BCUT2D eigenvalue weighted by atomic mass is 10.3. The zero-order valence-electron chi connectivity index (χ0n) is 17.7. The van der Waals surface area contributed by atoms with Gasteiger partial charge in [-0.25, -0.2) is 4.98 Å². The van der Waals surface area contributed by atoms with Gasteiger partial charge in [0.25, 0.3) is 5.56 Å². The molecule has 32 heavy (non-hydrogen) atoms. The van der Waals surface area contributed by atoms with E-state index >= 15 is 0 Å². The molecule has 1 aromatic carbocycles. The van der Waals surface area contributed by atoms with E-state index in [0.29, 0.717) is 33.5 Å². The number of thiophene rings is 1. The zero-order valence-corrected chi connectivity index (χ0v) is 19.3. The molecule has 3 aromatic heterocycles. The van der Waals surface area contributed by atoms with Crippen molar-refractivity contribution in [1.82, 2.24) is 24.7 Å². The fourth-order valence-electron chi connectivity index (χ4n) is 3.23. The van der Waals surface area contributed by atoms with Crippen LogP contribution < -0.4 is 20.9 Å². The molecule has 0 radical (unpaired) electrons. The summed E-state index contributed by atoms with van der Waals surface area (Å²) < 4.78 is 7.50. The third-order valence-corrected chi connectivity index (χ3v) is 6.48. The Bertz CT molecular complexity index is 1420. The lowest BCUT2D eigenvalue weighted by Crippen LogP contribution is -2.44. The average Bonchev–Trinajstić information content (AvgIpc) is 3.47. The molecule has 4 aromatic rings. The zero-order chi connectivity index (χ0) is 22.7. The van der Waals surface area contributed by atoms with Crippen molar-refractivity contribution in [2.75, 3.05) is 7.11 Å². The SMILES string of the molecule is C/C=c1/c(=O)[nH]c(CSc2nnc(-c3cccs3)n2-c2ccccc2OC)n/c1=C(/C)O. The Hall–Kier alpha value is -3.37. The molecular formula is C22H21N5O3S2. The van der Waals surface area contributed by atoms with Gasteiger partial charge in [-0.3, -0.25) is 9.36 Å². The summed E-state index contributed by atoms with van der Waals surface area (Å²) in [4.78, 5) is 20.6. The first-order valence-electron chi connectivity index (χ1n) is 9.74. The second kappa shape index (κ2) is 9.41. The molecule has 0 spiro atoms. The van der Waals surface area contributed by atoms with Crippen LogP contribution in [-0.4, -0.2) is 36.9 Å². The second-order valence-corrected chi connectivity index (χ2v) is 8.62. The molecule has 164 valence electrons. The first kappa shape index (κ1) is 21.8. The number of aromatic nitrogens is 5. The van der Waals surface area contributed by atoms with Gasteiger partial charge < -0.3 is 14.8 Å². The summed E-state index contributed by atoms with van der Waals surface area (Å²) in [7, 11) is 1.62. The fourth-order valence-corrected chi connectivity index (χ4v) is 4.75. The summed E-state index contributed by atoms with van der Waals surface area (Å²) in [5, 5.41) is 22.0. The van der Waals surface area contributed by atoms with Crippen molar-refractivity contribution in [3.8, 4) is 22.1 Å². The normalized spacial score (nSPS) is 12.8. The van der Waals surface area contributed by atoms with Crippen molar-refractivity contribution < 1.29 is 9.84 Å². The van der Waals surface area contributed by atoms with Gasteiger partial charge in [0.15, 0.2) is 11.0 Å². The van der Waals surface area contributed by atoms with Crippen LogP contribution in [0.4, 0.5) is 0 Å². The molecule has 0 saturated heterocycles. The van der Waals surface area contributed by atoms with E-state index in [9.17, 15) is 9.90 Å². The Morgan fingerprint density at radius 1 is 1.28 bits per heavy atom. The second-order valence-electron chi connectivity index (χ2n) is 6.73. The number of nitrogens with one attached hydrogen (secondary N) is 1. The third kappa shape index (κ3) is 4.19. The van der Waals surface area contributed by atoms with Crippen molar-refractivity contribution in [1.29, 1.82) is 0 Å². The maximum absolute atomic E-state index is 12.4. The number of nitrogens with zero attached hydrogens (tertiary/aromatic N) is 4. The quantitative estimate of drug-likeness (QED) is 0.420. The van der Waals surface area contributed by atoms with E-state index in [4.69, 9.17) is 4.74 Å². The molecule has 0 aliphatic heterocycles. The van der Waals surface area contributed by atoms with Crippen LogP contribution in [0.2, 0.25) is 0 Å². The van der Waals surface area contributed by atoms with Crippen molar-refractivity contribution in [3.05, 3.63) is 68.5 Å². The maximum atomic E-state index is 12.4. The molecule has 0 aliphatic carbocycles. The number of hydrogen-bond donors (Lipinski definition) is 2. The van der Waals surface area contributed by atoms with Crippen LogP contribution >= 0.6 is 23.1 Å². The summed E-state index contributed by atoms with van der Waals surface area (Å²) in [6, 6.07) is 11.6. The number of thioether (sulfide) groups is 1.